The molecule has 0 amide bonds. The highest BCUT2D eigenvalue weighted by molar-refractivity contribution is 7.98. The van der Waals surface area contributed by atoms with E-state index in [1.165, 1.54) is 11.8 Å². The molecule has 0 aromatic rings. The molecule has 0 radical (unpaired) electrons. The molecule has 176 valence electrons. The average molecular weight is 483 g/mol. The van der Waals surface area contributed by atoms with Crippen LogP contribution in [-0.4, -0.2) is 53.6 Å². The van der Waals surface area contributed by atoms with Crippen molar-refractivity contribution in [1.29, 1.82) is 0 Å². The lowest BCUT2D eigenvalue weighted by molar-refractivity contribution is -0.176. The Kier molecular flexibility index (Phi) is 6.81. The monoisotopic (exact) mass is 482 g/mol. The maximum atomic E-state index is 13.0. The van der Waals surface area contributed by atoms with Crippen LogP contribution in [0.4, 0.5) is 0 Å². The van der Waals surface area contributed by atoms with Crippen LogP contribution in [-0.2, 0) is 23.9 Å². The van der Waals surface area contributed by atoms with Gasteiger partial charge in [0.25, 0.3) is 0 Å². The first kappa shape index (κ1) is 23.8. The number of ketones is 1. The standard InChI is InChI=1S/C24H31ClO6S/c1-23-8-7-15(26)9-14(23)3-4-16-17-5-6-18(22(29)31-13-32-2)24(17,10-19(27)21(16)23)12-30-20(28)11-25/h7-9,16-19,21,27H,3-6,10-13H2,1-2H3/t16-,17-,18+,19-,21+,23-,24+/m0/s1. The van der Waals surface area contributed by atoms with Crippen molar-refractivity contribution >= 4 is 41.1 Å². The molecular weight excluding hydrogens is 452 g/mol. The molecule has 0 aromatic carbocycles. The number of halogens is 1. The van der Waals surface area contributed by atoms with E-state index in [4.69, 9.17) is 21.1 Å². The van der Waals surface area contributed by atoms with Gasteiger partial charge in [-0.15, -0.1) is 23.4 Å². The number of alkyl halides is 1. The number of esters is 2. The summed E-state index contributed by atoms with van der Waals surface area (Å²) >= 11 is 7.10. The van der Waals surface area contributed by atoms with E-state index >= 15 is 0 Å². The normalized spacial score (nSPS) is 40.1. The summed E-state index contributed by atoms with van der Waals surface area (Å²) in [6, 6.07) is 0. The SMILES string of the molecule is CSCOC(=O)[C@H]1CC[C@H]2[C@@H]3CCC4=CC(=O)C=C[C@]4(C)[C@H]3[C@@H](O)C[C@]12COC(=O)CCl. The molecule has 7 atom stereocenters. The predicted molar refractivity (Wildman–Crippen MR) is 122 cm³/mol. The minimum Gasteiger partial charge on any atom is -0.464 e. The van der Waals surface area contributed by atoms with Crippen molar-refractivity contribution < 1.29 is 29.0 Å². The summed E-state index contributed by atoms with van der Waals surface area (Å²) in [4.78, 5) is 36.9. The van der Waals surface area contributed by atoms with Crippen LogP contribution in [0.2, 0.25) is 0 Å². The molecule has 32 heavy (non-hydrogen) atoms. The van der Waals surface area contributed by atoms with Gasteiger partial charge in [0.1, 0.15) is 11.8 Å². The molecule has 1 N–H and O–H groups in total. The maximum Gasteiger partial charge on any atom is 0.320 e. The van der Waals surface area contributed by atoms with E-state index in [2.05, 4.69) is 6.92 Å². The van der Waals surface area contributed by atoms with E-state index < -0.39 is 23.4 Å². The third kappa shape index (κ3) is 3.84. The Balaban J connectivity index is 1.69. The summed E-state index contributed by atoms with van der Waals surface area (Å²) in [5, 5.41) is 11.5. The van der Waals surface area contributed by atoms with E-state index in [0.29, 0.717) is 12.8 Å². The summed E-state index contributed by atoms with van der Waals surface area (Å²) in [5.74, 6) is -0.960. The Bertz CT molecular complexity index is 855. The van der Waals surface area contributed by atoms with Crippen LogP contribution in [0.15, 0.2) is 23.8 Å². The number of thioether (sulfide) groups is 1. The summed E-state index contributed by atoms with van der Waals surface area (Å²) in [5.41, 5.74) is 0.0382. The molecule has 0 heterocycles. The molecule has 4 aliphatic carbocycles. The van der Waals surface area contributed by atoms with E-state index in [1.807, 2.05) is 12.3 Å². The number of aliphatic hydroxyl groups excluding tert-OH is 1. The van der Waals surface area contributed by atoms with Crippen molar-refractivity contribution in [2.75, 3.05) is 24.7 Å². The minimum atomic E-state index is -0.688. The van der Waals surface area contributed by atoms with Crippen molar-refractivity contribution in [1.82, 2.24) is 0 Å². The van der Waals surface area contributed by atoms with Gasteiger partial charge in [0.15, 0.2) is 5.78 Å². The Hall–Kier alpha value is -1.31. The van der Waals surface area contributed by atoms with Crippen LogP contribution < -0.4 is 0 Å². The second kappa shape index (κ2) is 9.15. The maximum absolute atomic E-state index is 13.0. The van der Waals surface area contributed by atoms with Crippen LogP contribution in [0.1, 0.15) is 39.0 Å². The highest BCUT2D eigenvalue weighted by Crippen LogP contribution is 2.66. The first-order valence-electron chi connectivity index (χ1n) is 11.3. The highest BCUT2D eigenvalue weighted by atomic mass is 35.5. The lowest BCUT2D eigenvalue weighted by Crippen LogP contribution is -2.58. The van der Waals surface area contributed by atoms with Crippen LogP contribution in [0.3, 0.4) is 0 Å². The first-order valence-corrected chi connectivity index (χ1v) is 13.2. The van der Waals surface area contributed by atoms with Gasteiger partial charge in [-0.3, -0.25) is 14.4 Å². The lowest BCUT2D eigenvalue weighted by Gasteiger charge is -2.59. The van der Waals surface area contributed by atoms with Crippen molar-refractivity contribution in [2.24, 2.45) is 34.5 Å². The molecule has 0 bridgehead atoms. The molecule has 0 saturated heterocycles. The molecule has 0 aromatic heterocycles. The van der Waals surface area contributed by atoms with Crippen molar-refractivity contribution in [3.63, 3.8) is 0 Å². The first-order chi connectivity index (χ1) is 15.3. The number of ether oxygens (including phenoxy) is 2. The zero-order valence-corrected chi connectivity index (χ0v) is 20.1. The molecule has 4 aliphatic rings. The quantitative estimate of drug-likeness (QED) is 0.352. The smallest absolute Gasteiger partial charge is 0.320 e. The molecule has 4 rings (SSSR count). The summed E-state index contributed by atoms with van der Waals surface area (Å²) in [6.45, 7) is 2.18. The molecule has 0 aliphatic heterocycles. The zero-order valence-electron chi connectivity index (χ0n) is 18.6. The van der Waals surface area contributed by atoms with Gasteiger partial charge in [-0.2, -0.15) is 0 Å². The van der Waals surface area contributed by atoms with Crippen LogP contribution >= 0.6 is 23.4 Å². The summed E-state index contributed by atoms with van der Waals surface area (Å²) in [6.07, 6.45) is 9.94. The van der Waals surface area contributed by atoms with Gasteiger partial charge in [-0.1, -0.05) is 18.6 Å². The number of allylic oxidation sites excluding steroid dienone is 4. The van der Waals surface area contributed by atoms with Gasteiger partial charge >= 0.3 is 11.9 Å². The van der Waals surface area contributed by atoms with Crippen LogP contribution in [0, 0.1) is 34.5 Å². The molecule has 3 saturated carbocycles. The van der Waals surface area contributed by atoms with Gasteiger partial charge < -0.3 is 14.6 Å². The summed E-state index contributed by atoms with van der Waals surface area (Å²) in [7, 11) is 0. The number of hydrogen-bond acceptors (Lipinski definition) is 7. The molecule has 0 unspecified atom stereocenters. The van der Waals surface area contributed by atoms with Gasteiger partial charge in [0, 0.05) is 16.7 Å². The second-order valence-electron chi connectivity index (χ2n) is 9.82. The predicted octanol–water partition coefficient (Wildman–Crippen LogP) is 3.51. The zero-order chi connectivity index (χ0) is 23.1. The number of carbonyl (C=O) groups excluding carboxylic acids is 3. The lowest BCUT2D eigenvalue weighted by atomic mass is 9.46. The molecule has 6 nitrogen and oxygen atoms in total. The van der Waals surface area contributed by atoms with Gasteiger partial charge in [0.05, 0.1) is 18.6 Å². The third-order valence-corrected chi connectivity index (χ3v) is 9.01. The van der Waals surface area contributed by atoms with Gasteiger partial charge in [-0.05, 0) is 62.3 Å². The van der Waals surface area contributed by atoms with E-state index in [-0.39, 0.29) is 53.3 Å². The van der Waals surface area contributed by atoms with E-state index in [0.717, 1.165) is 24.8 Å². The van der Waals surface area contributed by atoms with Gasteiger partial charge in [-0.25, -0.2) is 0 Å². The molecular formula is C24H31ClO6S. The number of carbonyl (C=O) groups is 3. The minimum absolute atomic E-state index is 0.000952. The Morgan fingerprint density at radius 3 is 2.78 bits per heavy atom. The van der Waals surface area contributed by atoms with Crippen LogP contribution in [0.25, 0.3) is 0 Å². The van der Waals surface area contributed by atoms with E-state index in [9.17, 15) is 19.5 Å². The third-order valence-electron chi connectivity index (χ3n) is 8.44. The highest BCUT2D eigenvalue weighted by Gasteiger charge is 2.65. The topological polar surface area (TPSA) is 89.9 Å². The van der Waals surface area contributed by atoms with Crippen molar-refractivity contribution in [3.05, 3.63) is 23.8 Å². The number of fused-ring (bicyclic) bond motifs is 5. The summed E-state index contributed by atoms with van der Waals surface area (Å²) < 4.78 is 11.0. The second-order valence-corrected chi connectivity index (χ2v) is 10.9. The molecule has 3 fully saturated rings. The number of rotatable bonds is 6. The molecule has 8 heteroatoms. The van der Waals surface area contributed by atoms with E-state index in [1.54, 1.807) is 12.2 Å². The fourth-order valence-corrected chi connectivity index (χ4v) is 7.52. The van der Waals surface area contributed by atoms with Crippen molar-refractivity contribution in [2.45, 2.75) is 45.1 Å². The average Bonchev–Trinajstić information content (AvgIpc) is 3.15. The number of hydrogen-bond donors (Lipinski definition) is 1. The Morgan fingerprint density at radius 1 is 1.28 bits per heavy atom. The fourth-order valence-electron chi connectivity index (χ4n) is 7.21. The fraction of sp³-hybridized carbons (Fsp3) is 0.708. The Morgan fingerprint density at radius 2 is 2.06 bits per heavy atom. The van der Waals surface area contributed by atoms with Gasteiger partial charge in [0.2, 0.25) is 0 Å². The van der Waals surface area contributed by atoms with Crippen LogP contribution in [0.5, 0.6) is 0 Å². The molecule has 0 spiro atoms. The number of aliphatic hydroxyl groups is 1. The Labute approximate surface area is 198 Å². The largest absolute Gasteiger partial charge is 0.464 e. The van der Waals surface area contributed by atoms with Crippen molar-refractivity contribution in [3.8, 4) is 0 Å².